The zero-order valence-electron chi connectivity index (χ0n) is 59.8. The molecule has 21 aromatic rings. The minimum atomic E-state index is 0. The topological polar surface area (TPSA) is 143 Å². The van der Waals surface area contributed by atoms with Crippen LogP contribution in [0.3, 0.4) is 0 Å². The molecule has 0 spiro atoms. The summed E-state index contributed by atoms with van der Waals surface area (Å²) in [6.45, 7) is 18.5. The standard InChI is InChI=1S/C13H14N2.C12H13N3.2C12H12N2.2C12H11NO.C11H11N3.3CH4/c1-9-13-11(8-14(9)2)10-6-4-5-7-12(10)15(13)3;1-8-13-11-9-6-4-5-7-10(9)15(3)12(11)14(8)2;1-8-7-10-9-5-3-4-6-11(9)14(2)12(10)13-8;1-8-7-11-12(13-8)9-5-3-4-6-10(9)14(11)2;2*1-8-9(2)14-12-7-10-5-3-4-6-11(10)13(8)12;1-7-12-10-8-5-3-4-6-9(8)14(2)11(10)13-7;;;/h4-8H,1-3H3;4-7H,1-3H3;2*3-7,13H,1-2H3;2*3-7H,1-2H3;3-6H,1-2H3,(H,12,13);3*1H4. The zero-order chi connectivity index (χ0) is 69.7. The molecule has 0 saturated heterocycles. The van der Waals surface area contributed by atoms with E-state index in [1.165, 1.54) is 143 Å². The lowest BCUT2D eigenvalue weighted by atomic mass is 10.2. The molecule has 21 rings (SSSR count). The van der Waals surface area contributed by atoms with E-state index in [2.05, 4.69) is 325 Å². The van der Waals surface area contributed by atoms with Gasteiger partial charge in [0.1, 0.15) is 40.0 Å². The lowest BCUT2D eigenvalue weighted by molar-refractivity contribution is 0.571. The number of hydrogen-bond acceptors (Lipinski definition) is 4. The lowest BCUT2D eigenvalue weighted by Gasteiger charge is -2.00. The van der Waals surface area contributed by atoms with E-state index in [1.54, 1.807) is 0 Å². The Hall–Kier alpha value is -12.0. The van der Waals surface area contributed by atoms with Crippen LogP contribution in [0.15, 0.2) is 209 Å². The first-order valence-corrected chi connectivity index (χ1v) is 34.0. The Kier molecular flexibility index (Phi) is 19.1. The minimum absolute atomic E-state index is 0. The van der Waals surface area contributed by atoms with E-state index in [0.29, 0.717) is 0 Å². The summed E-state index contributed by atoms with van der Waals surface area (Å²) in [5, 5.41) is 11.6. The summed E-state index contributed by atoms with van der Waals surface area (Å²) in [7, 11) is 14.6. The molecule has 526 valence electrons. The van der Waals surface area contributed by atoms with E-state index >= 15 is 0 Å². The number of oxazole rings is 2. The van der Waals surface area contributed by atoms with Crippen LogP contribution in [0.25, 0.3) is 143 Å². The summed E-state index contributed by atoms with van der Waals surface area (Å²) < 4.78 is 31.0. The van der Waals surface area contributed by atoms with E-state index in [0.717, 1.165) is 51.3 Å². The van der Waals surface area contributed by atoms with Crippen molar-refractivity contribution in [2.75, 3.05) is 0 Å². The van der Waals surface area contributed by atoms with Crippen LogP contribution >= 0.6 is 0 Å². The van der Waals surface area contributed by atoms with Gasteiger partial charge >= 0.3 is 0 Å². The van der Waals surface area contributed by atoms with Crippen LogP contribution < -0.4 is 0 Å². The number of rotatable bonds is 0. The second kappa shape index (κ2) is 27.8. The van der Waals surface area contributed by atoms with Gasteiger partial charge in [-0.3, -0.25) is 8.80 Å². The average Bonchev–Trinajstić information content (AvgIpc) is 1.64. The number of H-pyrrole nitrogens is 3. The van der Waals surface area contributed by atoms with Crippen LogP contribution in [-0.4, -0.2) is 65.7 Å². The maximum atomic E-state index is 5.65. The normalized spacial score (nSPS) is 11.3. The monoisotopic (exact) mass is 1370 g/mol. The number of benzene rings is 7. The largest absolute Gasteiger partial charge is 0.443 e. The van der Waals surface area contributed by atoms with Gasteiger partial charge in [0, 0.05) is 144 Å². The number of aromatic nitrogens is 14. The molecular formula is C87H96N14O2. The smallest absolute Gasteiger partial charge is 0.205 e. The van der Waals surface area contributed by atoms with Crippen LogP contribution in [0.4, 0.5) is 0 Å². The fourth-order valence-corrected chi connectivity index (χ4v) is 14.9. The Labute approximate surface area is 600 Å². The molecule has 14 aromatic heterocycles. The average molecular weight is 1370 g/mol. The van der Waals surface area contributed by atoms with Crippen molar-refractivity contribution in [3.05, 3.63) is 252 Å². The fraction of sp³-hybridized carbons (Fsp3) is 0.218. The molecule has 103 heavy (non-hydrogen) atoms. The van der Waals surface area contributed by atoms with Gasteiger partial charge in [-0.05, 0) is 117 Å². The fourth-order valence-electron chi connectivity index (χ4n) is 14.9. The Bertz CT molecular complexity index is 6130. The first kappa shape index (κ1) is 70.8. The Morgan fingerprint density at radius 1 is 0.340 bits per heavy atom. The van der Waals surface area contributed by atoms with E-state index in [-0.39, 0.29) is 22.3 Å². The Balaban J connectivity index is 0.000000113. The molecule has 16 heteroatoms. The van der Waals surface area contributed by atoms with Gasteiger partial charge in [0.2, 0.25) is 11.4 Å². The summed E-state index contributed by atoms with van der Waals surface area (Å²) in [6.07, 6.45) is 2.22. The SMILES string of the molecule is C.C.C.Cc1c2c(cn1C)c1ccccc1n2C.Cc1cc2c([nH]1)c1ccccc1n2C.Cc1cc2c3ccccc3n(C)c2[nH]1.Cc1nc2c([nH]1)c1ccccc1n2C.Cc1nc2c3ccccc3n(C)c2n1C.Cc1oc2cc3ccccc3n2c1C.Cc1oc2cc3ccccc3n2c1C. The molecule has 0 aliphatic heterocycles. The lowest BCUT2D eigenvalue weighted by Crippen LogP contribution is -1.97. The van der Waals surface area contributed by atoms with Crippen LogP contribution in [0.1, 0.15) is 73.9 Å². The first-order chi connectivity index (χ1) is 48.3. The van der Waals surface area contributed by atoms with Crippen LogP contribution in [-0.2, 0) is 49.3 Å². The van der Waals surface area contributed by atoms with E-state index < -0.39 is 0 Å². The molecule has 0 saturated carbocycles. The van der Waals surface area contributed by atoms with Gasteiger partial charge in [0.05, 0.1) is 61.0 Å². The highest BCUT2D eigenvalue weighted by molar-refractivity contribution is 6.10. The van der Waals surface area contributed by atoms with Crippen molar-refractivity contribution in [3.8, 4) is 0 Å². The number of fused-ring (bicyclic) bond motifs is 21. The van der Waals surface area contributed by atoms with Gasteiger partial charge in [0.15, 0.2) is 5.65 Å². The van der Waals surface area contributed by atoms with Crippen LogP contribution in [0.5, 0.6) is 0 Å². The van der Waals surface area contributed by atoms with Gasteiger partial charge in [-0.15, -0.1) is 0 Å². The molecule has 0 fully saturated rings. The highest BCUT2D eigenvalue weighted by Crippen LogP contribution is 2.34. The summed E-state index contributed by atoms with van der Waals surface area (Å²) in [4.78, 5) is 19.1. The minimum Gasteiger partial charge on any atom is -0.443 e. The predicted octanol–water partition coefficient (Wildman–Crippen LogP) is 22.2. The molecule has 0 bridgehead atoms. The highest BCUT2D eigenvalue weighted by atomic mass is 16.4. The number of aryl methyl sites for hydroxylation is 16. The maximum absolute atomic E-state index is 5.65. The van der Waals surface area contributed by atoms with E-state index in [4.69, 9.17) is 8.83 Å². The van der Waals surface area contributed by atoms with Gasteiger partial charge in [-0.25, -0.2) is 9.97 Å². The number of nitrogens with zero attached hydrogens (tertiary/aromatic N) is 11. The molecule has 0 radical (unpaired) electrons. The number of aromatic amines is 3. The molecule has 0 amide bonds. The third-order valence-electron chi connectivity index (χ3n) is 20.3. The first-order valence-electron chi connectivity index (χ1n) is 34.0. The second-order valence-corrected chi connectivity index (χ2v) is 26.5. The van der Waals surface area contributed by atoms with Crippen molar-refractivity contribution in [1.82, 2.24) is 65.7 Å². The van der Waals surface area contributed by atoms with Gasteiger partial charge < -0.3 is 55.8 Å². The van der Waals surface area contributed by atoms with Crippen molar-refractivity contribution in [2.45, 2.75) is 84.6 Å². The molecule has 0 aliphatic carbocycles. The third kappa shape index (κ3) is 12.0. The third-order valence-corrected chi connectivity index (χ3v) is 20.3. The van der Waals surface area contributed by atoms with Crippen molar-refractivity contribution in [1.29, 1.82) is 0 Å². The van der Waals surface area contributed by atoms with Gasteiger partial charge in [0.25, 0.3) is 0 Å². The van der Waals surface area contributed by atoms with Gasteiger partial charge in [-0.1, -0.05) is 150 Å². The molecule has 0 aliphatic rings. The van der Waals surface area contributed by atoms with E-state index in [9.17, 15) is 0 Å². The molecular weight excluding hydrogens is 1270 g/mol. The quantitative estimate of drug-likeness (QED) is 0.139. The number of hydrogen-bond donors (Lipinski definition) is 3. The highest BCUT2D eigenvalue weighted by Gasteiger charge is 2.18. The van der Waals surface area contributed by atoms with Crippen molar-refractivity contribution >= 4 is 143 Å². The van der Waals surface area contributed by atoms with Crippen LogP contribution in [0, 0.1) is 62.3 Å². The molecule has 3 N–H and O–H groups in total. The summed E-state index contributed by atoms with van der Waals surface area (Å²) in [6, 6.07) is 67.4. The Morgan fingerprint density at radius 2 is 0.777 bits per heavy atom. The molecule has 0 unspecified atom stereocenters. The molecule has 14 heterocycles. The zero-order valence-corrected chi connectivity index (χ0v) is 59.8. The maximum Gasteiger partial charge on any atom is 0.205 e. The van der Waals surface area contributed by atoms with E-state index in [1.807, 2.05) is 52.9 Å². The molecule has 7 aromatic carbocycles. The molecule has 16 nitrogen and oxygen atoms in total. The van der Waals surface area contributed by atoms with Crippen LogP contribution in [0.2, 0.25) is 0 Å². The summed E-state index contributed by atoms with van der Waals surface area (Å²) in [5.74, 6) is 4.01. The second-order valence-electron chi connectivity index (χ2n) is 26.5. The van der Waals surface area contributed by atoms with Crippen molar-refractivity contribution in [3.63, 3.8) is 0 Å². The summed E-state index contributed by atoms with van der Waals surface area (Å²) in [5.41, 5.74) is 26.3. The number of imidazole rings is 2. The number of para-hydroxylation sites is 7. The Morgan fingerprint density at radius 3 is 1.33 bits per heavy atom. The van der Waals surface area contributed by atoms with Crippen molar-refractivity contribution in [2.24, 2.45) is 49.3 Å². The summed E-state index contributed by atoms with van der Waals surface area (Å²) >= 11 is 0. The predicted molar refractivity (Wildman–Crippen MR) is 436 cm³/mol. The van der Waals surface area contributed by atoms with Crippen molar-refractivity contribution < 1.29 is 8.83 Å². The molecule has 0 atom stereocenters. The number of nitrogens with one attached hydrogen (secondary N) is 3. The van der Waals surface area contributed by atoms with Gasteiger partial charge in [-0.2, -0.15) is 0 Å².